The first-order valence-corrected chi connectivity index (χ1v) is 7.36. The van der Waals surface area contributed by atoms with Gasteiger partial charge in [-0.1, -0.05) is 18.2 Å². The summed E-state index contributed by atoms with van der Waals surface area (Å²) >= 11 is 1.66. The predicted octanol–water partition coefficient (Wildman–Crippen LogP) is 4.33. The number of ketones is 1. The molecule has 0 aliphatic carbocycles. The van der Waals surface area contributed by atoms with Crippen molar-refractivity contribution in [2.45, 2.75) is 13.8 Å². The molecule has 0 N–H and O–H groups in total. The van der Waals surface area contributed by atoms with Gasteiger partial charge >= 0.3 is 0 Å². The Morgan fingerprint density at radius 2 is 1.80 bits per heavy atom. The number of aryl methyl sites for hydroxylation is 2. The monoisotopic (exact) mass is 285 g/mol. The number of benzene rings is 1. The molecule has 0 spiro atoms. The zero-order chi connectivity index (χ0) is 14.7. The number of allylic oxidation sites excluding steroid dienone is 1. The molecule has 0 unspecified atom stereocenters. The van der Waals surface area contributed by atoms with Crippen LogP contribution in [0.3, 0.4) is 0 Å². The lowest BCUT2D eigenvalue weighted by atomic mass is 10.1. The number of anilines is 1. The summed E-state index contributed by atoms with van der Waals surface area (Å²) in [5, 5.41) is 0. The summed E-state index contributed by atoms with van der Waals surface area (Å²) < 4.78 is 0. The van der Waals surface area contributed by atoms with Crippen LogP contribution < -0.4 is 4.90 Å². The molecule has 2 aromatic rings. The summed E-state index contributed by atoms with van der Waals surface area (Å²) in [5.41, 5.74) is 3.00. The maximum atomic E-state index is 12.1. The molecule has 0 saturated carbocycles. The number of hydrogen-bond donors (Lipinski definition) is 0. The van der Waals surface area contributed by atoms with E-state index in [2.05, 4.69) is 4.90 Å². The van der Waals surface area contributed by atoms with Gasteiger partial charge in [-0.05, 0) is 43.7 Å². The molecule has 0 aliphatic heterocycles. The van der Waals surface area contributed by atoms with Crippen molar-refractivity contribution in [1.29, 1.82) is 0 Å². The number of carbonyl (C=O) groups excluding carboxylic acids is 1. The van der Waals surface area contributed by atoms with Crippen LogP contribution in [0, 0.1) is 13.8 Å². The lowest BCUT2D eigenvalue weighted by molar-refractivity contribution is 0.104. The lowest BCUT2D eigenvalue weighted by Crippen LogP contribution is -2.07. The molecule has 0 saturated heterocycles. The van der Waals surface area contributed by atoms with Gasteiger partial charge in [-0.25, -0.2) is 0 Å². The van der Waals surface area contributed by atoms with Crippen LogP contribution in [-0.4, -0.2) is 19.9 Å². The number of carbonyl (C=O) groups is 1. The first-order chi connectivity index (χ1) is 9.47. The predicted molar refractivity (Wildman–Crippen MR) is 87.9 cm³/mol. The van der Waals surface area contributed by atoms with Gasteiger partial charge in [0.2, 0.25) is 0 Å². The van der Waals surface area contributed by atoms with E-state index in [1.165, 1.54) is 4.88 Å². The Labute approximate surface area is 124 Å². The minimum Gasteiger partial charge on any atom is -0.378 e. The van der Waals surface area contributed by atoms with Crippen LogP contribution in [0.5, 0.6) is 0 Å². The molecule has 0 bridgehead atoms. The molecular formula is C17H19NOS. The molecule has 0 fully saturated rings. The maximum Gasteiger partial charge on any atom is 0.186 e. The summed E-state index contributed by atoms with van der Waals surface area (Å²) in [6, 6.07) is 10.1. The van der Waals surface area contributed by atoms with Crippen LogP contribution in [0.1, 0.15) is 25.7 Å². The summed E-state index contributed by atoms with van der Waals surface area (Å²) in [6.07, 6.45) is 3.52. The van der Waals surface area contributed by atoms with Gasteiger partial charge in [0.25, 0.3) is 0 Å². The van der Waals surface area contributed by atoms with Crippen molar-refractivity contribution in [2.75, 3.05) is 19.0 Å². The Bertz CT molecular complexity index is 636. The van der Waals surface area contributed by atoms with Gasteiger partial charge in [-0.15, -0.1) is 11.3 Å². The van der Waals surface area contributed by atoms with E-state index in [0.717, 1.165) is 21.7 Å². The summed E-state index contributed by atoms with van der Waals surface area (Å²) in [4.78, 5) is 16.4. The van der Waals surface area contributed by atoms with Crippen molar-refractivity contribution in [1.82, 2.24) is 0 Å². The molecule has 20 heavy (non-hydrogen) atoms. The second kappa shape index (κ2) is 6.06. The van der Waals surface area contributed by atoms with Crippen molar-refractivity contribution >= 4 is 28.9 Å². The van der Waals surface area contributed by atoms with Crippen molar-refractivity contribution in [3.63, 3.8) is 0 Å². The van der Waals surface area contributed by atoms with Crippen LogP contribution in [-0.2, 0) is 0 Å². The molecule has 0 atom stereocenters. The molecule has 0 radical (unpaired) electrons. The highest BCUT2D eigenvalue weighted by Crippen LogP contribution is 2.21. The zero-order valence-electron chi connectivity index (χ0n) is 12.3. The molecule has 2 rings (SSSR count). The third-order valence-corrected chi connectivity index (χ3v) is 4.11. The van der Waals surface area contributed by atoms with Crippen LogP contribution in [0.25, 0.3) is 6.08 Å². The van der Waals surface area contributed by atoms with Gasteiger partial charge in [0.15, 0.2) is 5.78 Å². The molecule has 2 nitrogen and oxygen atoms in total. The van der Waals surface area contributed by atoms with E-state index >= 15 is 0 Å². The Kier molecular flexibility index (Phi) is 4.40. The Morgan fingerprint density at radius 3 is 2.30 bits per heavy atom. The standard InChI is InChI=1S/C17H19NOS/c1-12-11-16(13(2)20-12)17(19)10-7-14-5-8-15(9-6-14)18(3)4/h5-11H,1-4H3. The number of hydrogen-bond acceptors (Lipinski definition) is 3. The van der Waals surface area contributed by atoms with Gasteiger partial charge in [0.1, 0.15) is 0 Å². The fourth-order valence-corrected chi connectivity index (χ4v) is 2.95. The SMILES string of the molecule is Cc1cc(C(=O)C=Cc2ccc(N(C)C)cc2)c(C)s1. The van der Waals surface area contributed by atoms with Crippen molar-refractivity contribution in [3.8, 4) is 0 Å². The highest BCUT2D eigenvalue weighted by Gasteiger charge is 2.08. The highest BCUT2D eigenvalue weighted by molar-refractivity contribution is 7.12. The van der Waals surface area contributed by atoms with Gasteiger partial charge in [-0.2, -0.15) is 0 Å². The largest absolute Gasteiger partial charge is 0.378 e. The zero-order valence-corrected chi connectivity index (χ0v) is 13.1. The second-order valence-electron chi connectivity index (χ2n) is 5.01. The maximum absolute atomic E-state index is 12.1. The number of thiophene rings is 1. The minimum atomic E-state index is 0.0727. The van der Waals surface area contributed by atoms with Gasteiger partial charge in [-0.3, -0.25) is 4.79 Å². The topological polar surface area (TPSA) is 20.3 Å². The molecule has 0 amide bonds. The fourth-order valence-electron chi connectivity index (χ4n) is 2.02. The third-order valence-electron chi connectivity index (χ3n) is 3.14. The van der Waals surface area contributed by atoms with E-state index in [4.69, 9.17) is 0 Å². The molecule has 3 heteroatoms. The van der Waals surface area contributed by atoms with Crippen molar-refractivity contribution < 1.29 is 4.79 Å². The van der Waals surface area contributed by atoms with Gasteiger partial charge in [0.05, 0.1) is 0 Å². The first-order valence-electron chi connectivity index (χ1n) is 6.54. The van der Waals surface area contributed by atoms with Crippen LogP contribution >= 0.6 is 11.3 Å². The lowest BCUT2D eigenvalue weighted by Gasteiger charge is -2.11. The van der Waals surface area contributed by atoms with E-state index in [0.29, 0.717) is 0 Å². The van der Waals surface area contributed by atoms with Crippen LogP contribution in [0.4, 0.5) is 5.69 Å². The van der Waals surface area contributed by atoms with Gasteiger partial charge < -0.3 is 4.90 Å². The van der Waals surface area contributed by atoms with Crippen LogP contribution in [0.2, 0.25) is 0 Å². The van der Waals surface area contributed by atoms with Crippen molar-refractivity contribution in [2.24, 2.45) is 0 Å². The molecular weight excluding hydrogens is 266 g/mol. The molecule has 104 valence electrons. The normalized spacial score (nSPS) is 11.0. The summed E-state index contributed by atoms with van der Waals surface area (Å²) in [5.74, 6) is 0.0727. The molecule has 1 aromatic heterocycles. The average Bonchev–Trinajstić information content (AvgIpc) is 2.75. The van der Waals surface area contributed by atoms with Crippen molar-refractivity contribution in [3.05, 3.63) is 57.3 Å². The number of nitrogens with zero attached hydrogens (tertiary/aromatic N) is 1. The fraction of sp³-hybridized carbons (Fsp3) is 0.235. The Balaban J connectivity index is 2.13. The first kappa shape index (κ1) is 14.5. The smallest absolute Gasteiger partial charge is 0.186 e. The summed E-state index contributed by atoms with van der Waals surface area (Å²) in [7, 11) is 4.02. The van der Waals surface area contributed by atoms with E-state index in [9.17, 15) is 4.79 Å². The van der Waals surface area contributed by atoms with Gasteiger partial charge in [0, 0.05) is 35.1 Å². The number of rotatable bonds is 4. The van der Waals surface area contributed by atoms with Crippen LogP contribution in [0.15, 0.2) is 36.4 Å². The van der Waals surface area contributed by atoms with E-state index in [1.54, 1.807) is 17.4 Å². The van der Waals surface area contributed by atoms with E-state index in [1.807, 2.05) is 64.4 Å². The average molecular weight is 285 g/mol. The summed E-state index contributed by atoms with van der Waals surface area (Å²) in [6.45, 7) is 4.02. The quantitative estimate of drug-likeness (QED) is 0.615. The Hall–Kier alpha value is -1.87. The second-order valence-corrected chi connectivity index (χ2v) is 6.47. The molecule has 1 aromatic carbocycles. The Morgan fingerprint density at radius 1 is 1.15 bits per heavy atom. The van der Waals surface area contributed by atoms with E-state index in [-0.39, 0.29) is 5.78 Å². The third kappa shape index (κ3) is 3.36. The molecule has 1 heterocycles. The van der Waals surface area contributed by atoms with E-state index < -0.39 is 0 Å². The highest BCUT2D eigenvalue weighted by atomic mass is 32.1. The molecule has 0 aliphatic rings. The minimum absolute atomic E-state index is 0.0727.